The molecule has 0 saturated carbocycles. The molecule has 3 heterocycles. The number of carbonyl (C=O) groups is 2. The molecule has 3 amide bonds. The number of amides is 3. The van der Waals surface area contributed by atoms with Crippen molar-refractivity contribution in [1.82, 2.24) is 25.2 Å². The Bertz CT molecular complexity index is 1020. The number of nitrogens with one attached hydrogen (secondary N) is 2. The summed E-state index contributed by atoms with van der Waals surface area (Å²) in [4.78, 5) is 40.5. The third-order valence-corrected chi connectivity index (χ3v) is 6.04. The summed E-state index contributed by atoms with van der Waals surface area (Å²) in [5, 5.41) is 6.46. The molecular weight excluding hydrogens is 400 g/mol. The first-order valence-corrected chi connectivity index (χ1v) is 10.6. The van der Waals surface area contributed by atoms with Gasteiger partial charge in [-0.2, -0.15) is 0 Å². The van der Waals surface area contributed by atoms with Gasteiger partial charge in [-0.1, -0.05) is 18.2 Å². The number of anilines is 1. The second kappa shape index (κ2) is 9.00. The predicted molar refractivity (Wildman–Crippen MR) is 115 cm³/mol. The highest BCUT2D eigenvalue weighted by Gasteiger charge is 2.27. The van der Waals surface area contributed by atoms with Crippen LogP contribution >= 0.6 is 11.3 Å². The van der Waals surface area contributed by atoms with Gasteiger partial charge in [-0.15, -0.1) is 11.3 Å². The van der Waals surface area contributed by atoms with Gasteiger partial charge >= 0.3 is 6.03 Å². The fourth-order valence-corrected chi connectivity index (χ4v) is 4.33. The summed E-state index contributed by atoms with van der Waals surface area (Å²) >= 11 is 1.32. The van der Waals surface area contributed by atoms with E-state index in [1.807, 2.05) is 42.2 Å². The molecule has 3 aromatic rings. The van der Waals surface area contributed by atoms with Crippen LogP contribution in [0.15, 0.2) is 48.8 Å². The standard InChI is InChI=1S/C21H22N6O2S/c1-14-17(30-19(24-14)18-22-10-5-11-23-18)20(28)27-12-8-16(9-13-27)26-21(29)25-15-6-3-2-4-7-15/h2-7,10-11,16H,8-9,12-13H2,1H3,(H2,25,26,29). The maximum absolute atomic E-state index is 13.0. The zero-order valence-electron chi connectivity index (χ0n) is 16.5. The maximum Gasteiger partial charge on any atom is 0.319 e. The molecule has 1 aliphatic heterocycles. The minimum atomic E-state index is -0.225. The van der Waals surface area contributed by atoms with Gasteiger partial charge in [-0.25, -0.2) is 19.7 Å². The summed E-state index contributed by atoms with van der Waals surface area (Å²) in [6.45, 7) is 3.01. The predicted octanol–water partition coefficient (Wildman–Crippen LogP) is 3.33. The lowest BCUT2D eigenvalue weighted by molar-refractivity contribution is 0.0713. The lowest BCUT2D eigenvalue weighted by Gasteiger charge is -2.32. The van der Waals surface area contributed by atoms with Crippen molar-refractivity contribution in [3.63, 3.8) is 0 Å². The normalized spacial score (nSPS) is 14.4. The highest BCUT2D eigenvalue weighted by atomic mass is 32.1. The van der Waals surface area contributed by atoms with E-state index >= 15 is 0 Å². The van der Waals surface area contributed by atoms with E-state index < -0.39 is 0 Å². The number of thiazole rings is 1. The van der Waals surface area contributed by atoms with E-state index in [2.05, 4.69) is 25.6 Å². The number of piperidine rings is 1. The van der Waals surface area contributed by atoms with Gasteiger partial charge in [0.25, 0.3) is 5.91 Å². The van der Waals surface area contributed by atoms with Crippen LogP contribution in [0.1, 0.15) is 28.2 Å². The second-order valence-corrected chi connectivity index (χ2v) is 8.04. The summed E-state index contributed by atoms with van der Waals surface area (Å²) in [7, 11) is 0. The Morgan fingerprint density at radius 3 is 2.47 bits per heavy atom. The van der Waals surface area contributed by atoms with Gasteiger partial charge in [-0.3, -0.25) is 4.79 Å². The number of likely N-dealkylation sites (tertiary alicyclic amines) is 1. The van der Waals surface area contributed by atoms with E-state index in [0.29, 0.717) is 47.3 Å². The summed E-state index contributed by atoms with van der Waals surface area (Å²) in [6.07, 6.45) is 4.74. The summed E-state index contributed by atoms with van der Waals surface area (Å²) in [6, 6.07) is 10.9. The summed E-state index contributed by atoms with van der Waals surface area (Å²) in [5.74, 6) is 0.497. The molecule has 1 saturated heterocycles. The monoisotopic (exact) mass is 422 g/mol. The Balaban J connectivity index is 1.32. The molecule has 9 heteroatoms. The number of rotatable bonds is 4. The van der Waals surface area contributed by atoms with Crippen LogP contribution in [0.4, 0.5) is 10.5 Å². The van der Waals surface area contributed by atoms with E-state index in [1.54, 1.807) is 18.5 Å². The SMILES string of the molecule is Cc1nc(-c2ncccn2)sc1C(=O)N1CCC(NC(=O)Nc2ccccc2)CC1. The number of nitrogens with zero attached hydrogens (tertiary/aromatic N) is 4. The molecule has 0 atom stereocenters. The zero-order chi connectivity index (χ0) is 20.9. The van der Waals surface area contributed by atoms with Crippen LogP contribution in [0.5, 0.6) is 0 Å². The minimum Gasteiger partial charge on any atom is -0.338 e. The third kappa shape index (κ3) is 4.62. The average Bonchev–Trinajstić information content (AvgIpc) is 3.17. The molecule has 0 unspecified atom stereocenters. The largest absolute Gasteiger partial charge is 0.338 e. The molecule has 2 aromatic heterocycles. The maximum atomic E-state index is 13.0. The van der Waals surface area contributed by atoms with Crippen LogP contribution in [0.3, 0.4) is 0 Å². The molecule has 2 N–H and O–H groups in total. The Morgan fingerprint density at radius 1 is 1.07 bits per heavy atom. The van der Waals surface area contributed by atoms with E-state index in [1.165, 1.54) is 11.3 Å². The molecule has 30 heavy (non-hydrogen) atoms. The number of aromatic nitrogens is 3. The third-order valence-electron chi connectivity index (χ3n) is 4.90. The van der Waals surface area contributed by atoms with Gasteiger partial charge in [-0.05, 0) is 38.0 Å². The number of urea groups is 1. The van der Waals surface area contributed by atoms with Crippen LogP contribution in [0, 0.1) is 6.92 Å². The number of hydrogen-bond acceptors (Lipinski definition) is 6. The van der Waals surface area contributed by atoms with E-state index in [4.69, 9.17) is 0 Å². The van der Waals surface area contributed by atoms with Crippen molar-refractivity contribution >= 4 is 29.0 Å². The van der Waals surface area contributed by atoms with Crippen molar-refractivity contribution in [3.05, 3.63) is 59.4 Å². The lowest BCUT2D eigenvalue weighted by Crippen LogP contribution is -2.47. The van der Waals surface area contributed by atoms with E-state index in [0.717, 1.165) is 5.69 Å². The lowest BCUT2D eigenvalue weighted by atomic mass is 10.0. The van der Waals surface area contributed by atoms with Gasteiger partial charge in [0.1, 0.15) is 4.88 Å². The Kier molecular flexibility index (Phi) is 5.99. The second-order valence-electron chi connectivity index (χ2n) is 7.04. The van der Waals surface area contributed by atoms with Crippen molar-refractivity contribution in [2.45, 2.75) is 25.8 Å². The highest BCUT2D eigenvalue weighted by molar-refractivity contribution is 7.17. The molecule has 0 radical (unpaired) electrons. The quantitative estimate of drug-likeness (QED) is 0.672. The molecule has 1 aliphatic rings. The topological polar surface area (TPSA) is 100 Å². The number of carbonyl (C=O) groups excluding carboxylic acids is 2. The van der Waals surface area contributed by atoms with Crippen molar-refractivity contribution in [2.75, 3.05) is 18.4 Å². The van der Waals surface area contributed by atoms with Crippen LogP contribution in [0.2, 0.25) is 0 Å². The zero-order valence-corrected chi connectivity index (χ0v) is 17.4. The molecule has 8 nitrogen and oxygen atoms in total. The van der Waals surface area contributed by atoms with Crippen molar-refractivity contribution in [1.29, 1.82) is 0 Å². The van der Waals surface area contributed by atoms with Gasteiger partial charge in [0.2, 0.25) is 0 Å². The molecular formula is C21H22N6O2S. The molecule has 0 spiro atoms. The van der Waals surface area contributed by atoms with Crippen molar-refractivity contribution in [2.24, 2.45) is 0 Å². The van der Waals surface area contributed by atoms with Crippen LogP contribution < -0.4 is 10.6 Å². The van der Waals surface area contributed by atoms with Crippen molar-refractivity contribution < 1.29 is 9.59 Å². The number of para-hydroxylation sites is 1. The molecule has 154 valence electrons. The fraction of sp³-hybridized carbons (Fsp3) is 0.286. The smallest absolute Gasteiger partial charge is 0.319 e. The Morgan fingerprint density at radius 2 is 1.77 bits per heavy atom. The number of aryl methyl sites for hydroxylation is 1. The van der Waals surface area contributed by atoms with Crippen LogP contribution in [0.25, 0.3) is 10.8 Å². The number of hydrogen-bond donors (Lipinski definition) is 2. The van der Waals surface area contributed by atoms with Crippen LogP contribution in [-0.4, -0.2) is 50.9 Å². The van der Waals surface area contributed by atoms with Gasteiger partial charge in [0, 0.05) is 37.2 Å². The van der Waals surface area contributed by atoms with Gasteiger partial charge < -0.3 is 15.5 Å². The highest BCUT2D eigenvalue weighted by Crippen LogP contribution is 2.27. The van der Waals surface area contributed by atoms with E-state index in [-0.39, 0.29) is 18.0 Å². The molecule has 1 aromatic carbocycles. The molecule has 0 bridgehead atoms. The summed E-state index contributed by atoms with van der Waals surface area (Å²) in [5.41, 5.74) is 1.44. The molecule has 0 aliphatic carbocycles. The molecule has 4 rings (SSSR count). The van der Waals surface area contributed by atoms with Gasteiger partial charge in [0.05, 0.1) is 5.69 Å². The molecule has 1 fully saturated rings. The summed E-state index contributed by atoms with van der Waals surface area (Å²) < 4.78 is 0. The fourth-order valence-electron chi connectivity index (χ4n) is 3.34. The minimum absolute atomic E-state index is 0.0284. The first-order valence-electron chi connectivity index (χ1n) is 9.77. The van der Waals surface area contributed by atoms with Crippen molar-refractivity contribution in [3.8, 4) is 10.8 Å². The first-order chi connectivity index (χ1) is 14.6. The van der Waals surface area contributed by atoms with Gasteiger partial charge in [0.15, 0.2) is 10.8 Å². The Hall–Kier alpha value is -3.33. The van der Waals surface area contributed by atoms with E-state index in [9.17, 15) is 9.59 Å². The first kappa shape index (κ1) is 20.0. The Labute approximate surface area is 178 Å². The average molecular weight is 423 g/mol. The number of benzene rings is 1. The van der Waals surface area contributed by atoms with Crippen LogP contribution in [-0.2, 0) is 0 Å².